The van der Waals surface area contributed by atoms with Gasteiger partial charge in [-0.2, -0.15) is 0 Å². The molecule has 2 N–H and O–H groups in total. The number of aryl methyl sites for hydroxylation is 2. The van der Waals surface area contributed by atoms with E-state index in [0.29, 0.717) is 12.6 Å². The summed E-state index contributed by atoms with van der Waals surface area (Å²) in [7, 11) is 0. The second-order valence-electron chi connectivity index (χ2n) is 6.89. The van der Waals surface area contributed by atoms with Crippen molar-refractivity contribution in [3.05, 3.63) is 28.8 Å². The Morgan fingerprint density at radius 2 is 1.67 bits per heavy atom. The zero-order valence-corrected chi connectivity index (χ0v) is 14.6. The molecule has 1 aromatic rings. The third kappa shape index (κ3) is 5.33. The van der Waals surface area contributed by atoms with Gasteiger partial charge in [0.2, 0.25) is 0 Å². The van der Waals surface area contributed by atoms with Crippen molar-refractivity contribution in [2.75, 3.05) is 6.61 Å². The molecule has 1 aromatic carbocycles. The Morgan fingerprint density at radius 3 is 2.10 bits per heavy atom. The molecule has 0 fully saturated rings. The van der Waals surface area contributed by atoms with Crippen LogP contribution in [0.5, 0.6) is 5.75 Å². The van der Waals surface area contributed by atoms with Crippen LogP contribution in [0.1, 0.15) is 51.3 Å². The second kappa shape index (κ2) is 7.28. The van der Waals surface area contributed by atoms with Crippen molar-refractivity contribution >= 4 is 0 Å². The normalized spacial score (nSPS) is 14.6. The van der Waals surface area contributed by atoms with Gasteiger partial charge in [-0.05, 0) is 43.4 Å². The van der Waals surface area contributed by atoms with Gasteiger partial charge in [-0.25, -0.2) is 0 Å². The molecule has 0 spiro atoms. The van der Waals surface area contributed by atoms with Crippen molar-refractivity contribution in [2.24, 2.45) is 5.92 Å². The Labute approximate surface area is 129 Å². The maximum absolute atomic E-state index is 10.3. The average molecular weight is 293 g/mol. The molecule has 0 radical (unpaired) electrons. The maximum Gasteiger partial charge on any atom is 0.125 e. The van der Waals surface area contributed by atoms with Crippen LogP contribution in [-0.4, -0.2) is 23.4 Å². The van der Waals surface area contributed by atoms with Gasteiger partial charge in [0.1, 0.15) is 12.4 Å². The van der Waals surface area contributed by atoms with Gasteiger partial charge in [-0.15, -0.1) is 0 Å². The summed E-state index contributed by atoms with van der Waals surface area (Å²) in [5, 5.41) is 13.7. The van der Waals surface area contributed by atoms with Crippen LogP contribution in [0, 0.1) is 19.8 Å². The average Bonchev–Trinajstić information content (AvgIpc) is 2.35. The van der Waals surface area contributed by atoms with Crippen LogP contribution in [0.4, 0.5) is 0 Å². The molecular weight excluding hydrogens is 262 g/mol. The van der Waals surface area contributed by atoms with Gasteiger partial charge in [0, 0.05) is 12.6 Å². The second-order valence-corrected chi connectivity index (χ2v) is 6.89. The predicted octanol–water partition coefficient (Wildman–Crippen LogP) is 3.59. The van der Waals surface area contributed by atoms with Gasteiger partial charge in [0.05, 0.1) is 5.60 Å². The third-order valence-corrected chi connectivity index (χ3v) is 3.99. The lowest BCUT2D eigenvalue weighted by atomic mass is 9.93. The van der Waals surface area contributed by atoms with E-state index in [2.05, 4.69) is 45.1 Å². The fraction of sp³-hybridized carbons (Fsp3) is 0.667. The Morgan fingerprint density at radius 1 is 1.14 bits per heavy atom. The summed E-state index contributed by atoms with van der Waals surface area (Å²) in [5.74, 6) is 1.05. The highest BCUT2D eigenvalue weighted by atomic mass is 16.5. The Bertz CT molecular complexity index is 441. The molecule has 0 aliphatic heterocycles. The van der Waals surface area contributed by atoms with Crippen molar-refractivity contribution < 1.29 is 9.84 Å². The fourth-order valence-corrected chi connectivity index (χ4v) is 2.08. The lowest BCUT2D eigenvalue weighted by molar-refractivity contribution is -0.0269. The molecule has 21 heavy (non-hydrogen) atoms. The van der Waals surface area contributed by atoms with Gasteiger partial charge in [-0.1, -0.05) is 39.8 Å². The topological polar surface area (TPSA) is 41.5 Å². The summed E-state index contributed by atoms with van der Waals surface area (Å²) < 4.78 is 5.90. The highest BCUT2D eigenvalue weighted by molar-refractivity contribution is 5.43. The van der Waals surface area contributed by atoms with Gasteiger partial charge in [0.25, 0.3) is 0 Å². The molecular formula is C18H31NO2. The lowest BCUT2D eigenvalue weighted by Gasteiger charge is -2.28. The number of nitrogens with one attached hydrogen (secondary N) is 1. The number of hydrogen-bond donors (Lipinski definition) is 2. The minimum Gasteiger partial charge on any atom is -0.490 e. The largest absolute Gasteiger partial charge is 0.490 e. The molecule has 0 aliphatic carbocycles. The van der Waals surface area contributed by atoms with Gasteiger partial charge in [0.15, 0.2) is 0 Å². The molecule has 0 saturated carbocycles. The van der Waals surface area contributed by atoms with E-state index in [1.54, 1.807) is 0 Å². The number of benzene rings is 1. The summed E-state index contributed by atoms with van der Waals surface area (Å²) in [4.78, 5) is 0. The Kier molecular flexibility index (Phi) is 6.24. The first-order valence-electron chi connectivity index (χ1n) is 7.82. The monoisotopic (exact) mass is 293 g/mol. The molecule has 120 valence electrons. The van der Waals surface area contributed by atoms with Crippen molar-refractivity contribution in [2.45, 2.75) is 66.7 Å². The van der Waals surface area contributed by atoms with E-state index in [1.165, 1.54) is 5.56 Å². The van der Waals surface area contributed by atoms with Gasteiger partial charge in [-0.3, -0.25) is 0 Å². The number of hydrogen-bond acceptors (Lipinski definition) is 3. The number of rotatable bonds is 7. The molecule has 0 aromatic heterocycles. The van der Waals surface area contributed by atoms with E-state index >= 15 is 0 Å². The fourth-order valence-electron chi connectivity index (χ4n) is 2.08. The van der Waals surface area contributed by atoms with Crippen molar-refractivity contribution in [3.63, 3.8) is 0 Å². The minimum absolute atomic E-state index is 0.160. The molecule has 0 saturated heterocycles. The molecule has 3 nitrogen and oxygen atoms in total. The van der Waals surface area contributed by atoms with Crippen LogP contribution >= 0.6 is 0 Å². The van der Waals surface area contributed by atoms with Crippen molar-refractivity contribution in [1.29, 1.82) is 0 Å². The summed E-state index contributed by atoms with van der Waals surface area (Å²) in [6.07, 6.45) is 0. The smallest absolute Gasteiger partial charge is 0.125 e. The van der Waals surface area contributed by atoms with E-state index in [0.717, 1.165) is 23.4 Å². The molecule has 0 aliphatic rings. The highest BCUT2D eigenvalue weighted by Crippen LogP contribution is 2.27. The molecule has 1 unspecified atom stereocenters. The molecule has 0 amide bonds. The first kappa shape index (κ1) is 18.0. The van der Waals surface area contributed by atoms with E-state index in [9.17, 15) is 5.11 Å². The first-order chi connectivity index (χ1) is 9.63. The van der Waals surface area contributed by atoms with Crippen molar-refractivity contribution in [3.8, 4) is 5.75 Å². The lowest BCUT2D eigenvalue weighted by Crippen LogP contribution is -2.38. The summed E-state index contributed by atoms with van der Waals surface area (Å²) in [6.45, 7) is 15.4. The van der Waals surface area contributed by atoms with Crippen LogP contribution in [-0.2, 0) is 6.54 Å². The zero-order valence-electron chi connectivity index (χ0n) is 14.6. The summed E-state index contributed by atoms with van der Waals surface area (Å²) in [5.41, 5.74) is 2.70. The highest BCUT2D eigenvalue weighted by Gasteiger charge is 2.26. The Balaban J connectivity index is 2.81. The number of ether oxygens (including phenoxy) is 1. The maximum atomic E-state index is 10.3. The molecule has 3 heteroatoms. The quantitative estimate of drug-likeness (QED) is 0.807. The van der Waals surface area contributed by atoms with Crippen LogP contribution in [0.2, 0.25) is 0 Å². The predicted molar refractivity (Wildman–Crippen MR) is 88.8 cm³/mol. The summed E-state index contributed by atoms with van der Waals surface area (Å²) >= 11 is 0. The SMILES string of the molecule is Cc1cc(CNC(C)C)cc(C)c1OCC(C)(O)C(C)C. The third-order valence-electron chi connectivity index (χ3n) is 3.99. The minimum atomic E-state index is -0.809. The number of aliphatic hydroxyl groups is 1. The van der Waals surface area contributed by atoms with E-state index in [-0.39, 0.29) is 5.92 Å². The van der Waals surface area contributed by atoms with Crippen LogP contribution in [0.3, 0.4) is 0 Å². The van der Waals surface area contributed by atoms with E-state index in [1.807, 2.05) is 20.8 Å². The standard InChI is InChI=1S/C18H31NO2/c1-12(2)18(7,20)11-21-17-14(5)8-16(9-15(17)6)10-19-13(3)4/h8-9,12-13,19-20H,10-11H2,1-7H3. The van der Waals surface area contributed by atoms with E-state index in [4.69, 9.17) is 4.74 Å². The molecule has 1 atom stereocenters. The Hall–Kier alpha value is -1.06. The first-order valence-corrected chi connectivity index (χ1v) is 7.82. The van der Waals surface area contributed by atoms with Gasteiger partial charge >= 0.3 is 0 Å². The van der Waals surface area contributed by atoms with Crippen molar-refractivity contribution in [1.82, 2.24) is 5.32 Å². The zero-order chi connectivity index (χ0) is 16.2. The van der Waals surface area contributed by atoms with Crippen LogP contribution in [0.15, 0.2) is 12.1 Å². The molecule has 0 bridgehead atoms. The molecule has 0 heterocycles. The van der Waals surface area contributed by atoms with E-state index < -0.39 is 5.60 Å². The molecule has 1 rings (SSSR count). The van der Waals surface area contributed by atoms with Crippen LogP contribution in [0.25, 0.3) is 0 Å². The van der Waals surface area contributed by atoms with Gasteiger partial charge < -0.3 is 15.2 Å². The summed E-state index contributed by atoms with van der Waals surface area (Å²) in [6, 6.07) is 4.78. The van der Waals surface area contributed by atoms with Crippen LogP contribution < -0.4 is 10.1 Å².